The van der Waals surface area contributed by atoms with Gasteiger partial charge < -0.3 is 34.9 Å². The fourth-order valence-electron chi connectivity index (χ4n) is 3.48. The highest BCUT2D eigenvalue weighted by atomic mass is 16.7. The Balaban J connectivity index is 1.60. The Hall–Kier alpha value is -4.06. The van der Waals surface area contributed by atoms with Gasteiger partial charge in [0.25, 0.3) is 5.91 Å². The number of benzene rings is 2. The molecule has 3 rings (SSSR count). The lowest BCUT2D eigenvalue weighted by Gasteiger charge is -2.29. The maximum Gasteiger partial charge on any atom is 0.547 e. The number of amides is 2. The van der Waals surface area contributed by atoms with Crippen LogP contribution in [-0.4, -0.2) is 55.2 Å². The van der Waals surface area contributed by atoms with Crippen LogP contribution >= 0.6 is 0 Å². The topological polar surface area (TPSA) is 163 Å². The van der Waals surface area contributed by atoms with E-state index in [0.717, 1.165) is 0 Å². The zero-order valence-corrected chi connectivity index (χ0v) is 20.8. The molecule has 0 saturated heterocycles. The minimum Gasteiger partial charge on any atom is -0.534 e. The number of rotatable bonds is 9. The summed E-state index contributed by atoms with van der Waals surface area (Å²) in [5, 5.41) is 13.3. The molecule has 11 nitrogen and oxygen atoms in total. The number of esters is 2. The Morgan fingerprint density at radius 2 is 1.86 bits per heavy atom. The Kier molecular flexibility index (Phi) is 8.77. The van der Waals surface area contributed by atoms with Gasteiger partial charge in [0.1, 0.15) is 17.1 Å². The molecular formula is C25H29BN2O9. The number of carbonyl (C=O) groups excluding carboxylic acids is 4. The fourth-order valence-corrected chi connectivity index (χ4v) is 3.48. The molecule has 12 heteroatoms. The average Bonchev–Trinajstić information content (AvgIpc) is 2.82. The van der Waals surface area contributed by atoms with Crippen molar-refractivity contribution in [3.8, 4) is 11.5 Å². The summed E-state index contributed by atoms with van der Waals surface area (Å²) in [6.07, 6.45) is 0.188. The van der Waals surface area contributed by atoms with Crippen molar-refractivity contribution in [3.63, 3.8) is 0 Å². The number of hydrogen-bond acceptors (Lipinski definition) is 9. The molecule has 0 bridgehead atoms. The van der Waals surface area contributed by atoms with Crippen LogP contribution in [0.25, 0.3) is 0 Å². The molecule has 0 spiro atoms. The van der Waals surface area contributed by atoms with Gasteiger partial charge in [-0.15, -0.1) is 0 Å². The third-order valence-corrected chi connectivity index (χ3v) is 5.32. The maximum absolute atomic E-state index is 12.6. The summed E-state index contributed by atoms with van der Waals surface area (Å²) in [7, 11) is -1.42. The standard InChI is InChI=1S/C25H29BN2O9/c1-25(2,3)24(32)36-14-35-23(31)18-9-5-7-16-12-19(26(33)37-22(16)18)28-21(30)11-15-6-4-8-17(10-15)34-13-20(27)29/h4-10,19,33H,11-14H2,1-3H3,(H2,27,29)(H,28,30)/t19-/m0/s1. The van der Waals surface area contributed by atoms with Gasteiger partial charge >= 0.3 is 19.1 Å². The summed E-state index contributed by atoms with van der Waals surface area (Å²) < 4.78 is 20.8. The monoisotopic (exact) mass is 512 g/mol. The van der Waals surface area contributed by atoms with Crippen LogP contribution in [0.3, 0.4) is 0 Å². The number of nitrogens with two attached hydrogens (primary N) is 1. The molecule has 0 saturated carbocycles. The van der Waals surface area contributed by atoms with Gasteiger partial charge in [-0.3, -0.25) is 14.4 Å². The number of primary amides is 1. The third kappa shape index (κ3) is 7.71. The molecule has 1 aliphatic heterocycles. The van der Waals surface area contributed by atoms with Gasteiger partial charge in [-0.2, -0.15) is 0 Å². The van der Waals surface area contributed by atoms with Crippen LogP contribution in [0.2, 0.25) is 0 Å². The molecule has 2 amide bonds. The SMILES string of the molecule is CC(C)(C)C(=O)OCOC(=O)c1cccc2c1OB(O)[C@@H](NC(=O)Cc1cccc(OCC(N)=O)c1)C2. The largest absolute Gasteiger partial charge is 0.547 e. The Labute approximate surface area is 214 Å². The van der Waals surface area contributed by atoms with Crippen molar-refractivity contribution >= 4 is 30.9 Å². The van der Waals surface area contributed by atoms with Crippen molar-refractivity contribution < 1.29 is 43.1 Å². The molecule has 0 radical (unpaired) electrons. The van der Waals surface area contributed by atoms with E-state index in [-0.39, 0.29) is 36.7 Å². The van der Waals surface area contributed by atoms with E-state index in [1.54, 1.807) is 57.2 Å². The van der Waals surface area contributed by atoms with Crippen LogP contribution < -0.4 is 20.4 Å². The van der Waals surface area contributed by atoms with Crippen molar-refractivity contribution in [1.29, 1.82) is 0 Å². The van der Waals surface area contributed by atoms with Crippen LogP contribution in [0, 0.1) is 5.41 Å². The molecule has 0 fully saturated rings. The normalized spacial score (nSPS) is 14.6. The molecule has 0 aliphatic carbocycles. The summed E-state index contributed by atoms with van der Waals surface area (Å²) in [5.74, 6) is -2.54. The van der Waals surface area contributed by atoms with Gasteiger partial charge in [0.05, 0.1) is 17.8 Å². The maximum atomic E-state index is 12.6. The Morgan fingerprint density at radius 3 is 2.57 bits per heavy atom. The van der Waals surface area contributed by atoms with Gasteiger partial charge in [0.2, 0.25) is 12.7 Å². The highest BCUT2D eigenvalue weighted by Crippen LogP contribution is 2.31. The first-order chi connectivity index (χ1) is 17.4. The quantitative estimate of drug-likeness (QED) is 0.252. The molecule has 1 aliphatic rings. The number of para-hydroxylation sites is 1. The first kappa shape index (κ1) is 27.5. The van der Waals surface area contributed by atoms with E-state index < -0.39 is 43.1 Å². The molecule has 1 heterocycles. The first-order valence-corrected chi connectivity index (χ1v) is 11.5. The lowest BCUT2D eigenvalue weighted by atomic mass is 9.72. The highest BCUT2D eigenvalue weighted by molar-refractivity contribution is 6.47. The van der Waals surface area contributed by atoms with Gasteiger partial charge in [-0.05, 0) is 56.5 Å². The smallest absolute Gasteiger partial charge is 0.534 e. The van der Waals surface area contributed by atoms with Crippen molar-refractivity contribution in [2.45, 2.75) is 39.6 Å². The third-order valence-electron chi connectivity index (χ3n) is 5.32. The minimum atomic E-state index is -1.42. The van der Waals surface area contributed by atoms with E-state index >= 15 is 0 Å². The molecule has 0 aromatic heterocycles. The van der Waals surface area contributed by atoms with E-state index in [0.29, 0.717) is 16.9 Å². The number of nitrogens with one attached hydrogen (secondary N) is 1. The second-order valence-electron chi connectivity index (χ2n) is 9.49. The molecular weight excluding hydrogens is 483 g/mol. The van der Waals surface area contributed by atoms with Crippen molar-refractivity contribution in [3.05, 3.63) is 59.2 Å². The zero-order valence-electron chi connectivity index (χ0n) is 20.8. The summed E-state index contributed by atoms with van der Waals surface area (Å²) in [5.41, 5.74) is 5.60. The molecule has 196 valence electrons. The highest BCUT2D eigenvalue weighted by Gasteiger charge is 2.38. The van der Waals surface area contributed by atoms with Crippen LogP contribution in [-0.2, 0) is 36.7 Å². The number of carbonyl (C=O) groups is 4. The van der Waals surface area contributed by atoms with Crippen LogP contribution in [0.1, 0.15) is 42.3 Å². The van der Waals surface area contributed by atoms with E-state index in [1.807, 2.05) is 0 Å². The van der Waals surface area contributed by atoms with Crippen molar-refractivity contribution in [2.24, 2.45) is 11.1 Å². The molecule has 2 aromatic carbocycles. The van der Waals surface area contributed by atoms with E-state index in [2.05, 4.69) is 5.32 Å². The molecule has 37 heavy (non-hydrogen) atoms. The molecule has 2 aromatic rings. The summed E-state index contributed by atoms with van der Waals surface area (Å²) >= 11 is 0. The molecule has 1 atom stereocenters. The number of ether oxygens (including phenoxy) is 3. The van der Waals surface area contributed by atoms with Crippen LogP contribution in [0.4, 0.5) is 0 Å². The Morgan fingerprint density at radius 1 is 1.14 bits per heavy atom. The molecule has 0 unspecified atom stereocenters. The van der Waals surface area contributed by atoms with Gasteiger partial charge in [0, 0.05) is 0 Å². The lowest BCUT2D eigenvalue weighted by Crippen LogP contribution is -2.53. The van der Waals surface area contributed by atoms with Crippen molar-refractivity contribution in [1.82, 2.24) is 5.32 Å². The van der Waals surface area contributed by atoms with E-state index in [9.17, 15) is 24.2 Å². The van der Waals surface area contributed by atoms with Crippen molar-refractivity contribution in [2.75, 3.05) is 13.4 Å². The van der Waals surface area contributed by atoms with Gasteiger partial charge in [-0.1, -0.05) is 24.3 Å². The zero-order chi connectivity index (χ0) is 27.2. The fraction of sp³-hybridized carbons (Fsp3) is 0.360. The molecule has 4 N–H and O–H groups in total. The average molecular weight is 512 g/mol. The second-order valence-corrected chi connectivity index (χ2v) is 9.49. The van der Waals surface area contributed by atoms with E-state index in [4.69, 9.17) is 24.6 Å². The summed E-state index contributed by atoms with van der Waals surface area (Å²) in [4.78, 5) is 47.9. The second kappa shape index (κ2) is 11.8. The van der Waals surface area contributed by atoms with Crippen LogP contribution in [0.15, 0.2) is 42.5 Å². The summed E-state index contributed by atoms with van der Waals surface area (Å²) in [6, 6.07) is 11.4. The predicted molar refractivity (Wildman–Crippen MR) is 131 cm³/mol. The Bertz CT molecular complexity index is 1180. The van der Waals surface area contributed by atoms with Gasteiger partial charge in [0.15, 0.2) is 6.61 Å². The number of fused-ring (bicyclic) bond motifs is 1. The van der Waals surface area contributed by atoms with E-state index in [1.165, 1.54) is 6.07 Å². The lowest BCUT2D eigenvalue weighted by molar-refractivity contribution is -0.161. The van der Waals surface area contributed by atoms with Gasteiger partial charge in [-0.25, -0.2) is 4.79 Å². The summed E-state index contributed by atoms with van der Waals surface area (Å²) in [6.45, 7) is 4.18. The predicted octanol–water partition coefficient (Wildman–Crippen LogP) is 0.936. The number of hydrogen-bond donors (Lipinski definition) is 3. The van der Waals surface area contributed by atoms with Crippen LogP contribution in [0.5, 0.6) is 11.5 Å². The minimum absolute atomic E-state index is 0.0104. The first-order valence-electron chi connectivity index (χ1n) is 11.5.